The van der Waals surface area contributed by atoms with Crippen molar-refractivity contribution in [1.82, 2.24) is 10.2 Å². The van der Waals surface area contributed by atoms with E-state index in [0.717, 1.165) is 11.3 Å². The molecular weight excluding hydrogens is 152 g/mol. The van der Waals surface area contributed by atoms with E-state index in [1.807, 2.05) is 0 Å². The number of hydrogen-bond donors (Lipinski definition) is 0. The first-order valence-corrected chi connectivity index (χ1v) is 3.91. The van der Waals surface area contributed by atoms with E-state index in [1.165, 1.54) is 0 Å². The van der Waals surface area contributed by atoms with E-state index in [9.17, 15) is 0 Å². The lowest BCUT2D eigenvalue weighted by Crippen LogP contribution is -2.13. The van der Waals surface area contributed by atoms with Crippen molar-refractivity contribution >= 4 is 0 Å². The van der Waals surface area contributed by atoms with Gasteiger partial charge in [-0.2, -0.15) is 10.2 Å². The SMILES string of the molecule is COc1cnncc1C(C)(C)C. The van der Waals surface area contributed by atoms with Crippen molar-refractivity contribution in [2.75, 3.05) is 7.11 Å². The van der Waals surface area contributed by atoms with E-state index in [2.05, 4.69) is 31.0 Å². The van der Waals surface area contributed by atoms with Gasteiger partial charge in [0.1, 0.15) is 5.75 Å². The summed E-state index contributed by atoms with van der Waals surface area (Å²) in [5.41, 5.74) is 1.14. The van der Waals surface area contributed by atoms with Crippen LogP contribution < -0.4 is 4.74 Å². The van der Waals surface area contributed by atoms with Gasteiger partial charge in [0.25, 0.3) is 0 Å². The zero-order chi connectivity index (χ0) is 9.19. The molecule has 3 nitrogen and oxygen atoms in total. The highest BCUT2D eigenvalue weighted by Crippen LogP contribution is 2.28. The molecular formula is C9H14N2O. The molecule has 1 heterocycles. The fraction of sp³-hybridized carbons (Fsp3) is 0.556. The quantitative estimate of drug-likeness (QED) is 0.638. The number of aromatic nitrogens is 2. The molecule has 0 saturated heterocycles. The molecule has 1 aromatic rings. The zero-order valence-corrected chi connectivity index (χ0v) is 7.96. The predicted octanol–water partition coefficient (Wildman–Crippen LogP) is 1.78. The van der Waals surface area contributed by atoms with Crippen molar-refractivity contribution in [3.05, 3.63) is 18.0 Å². The third-order valence-electron chi connectivity index (χ3n) is 1.72. The van der Waals surface area contributed by atoms with E-state index in [1.54, 1.807) is 19.5 Å². The average Bonchev–Trinajstić information content (AvgIpc) is 2.03. The lowest BCUT2D eigenvalue weighted by atomic mass is 9.88. The van der Waals surface area contributed by atoms with Crippen molar-refractivity contribution in [2.45, 2.75) is 26.2 Å². The number of nitrogens with zero attached hydrogens (tertiary/aromatic N) is 2. The van der Waals surface area contributed by atoms with Gasteiger partial charge in [-0.3, -0.25) is 0 Å². The summed E-state index contributed by atoms with van der Waals surface area (Å²) in [5, 5.41) is 7.58. The van der Waals surface area contributed by atoms with Crippen LogP contribution in [-0.4, -0.2) is 17.3 Å². The average molecular weight is 166 g/mol. The highest BCUT2D eigenvalue weighted by Gasteiger charge is 2.18. The molecule has 0 amide bonds. The summed E-state index contributed by atoms with van der Waals surface area (Å²) in [6.07, 6.45) is 3.39. The van der Waals surface area contributed by atoms with Gasteiger partial charge in [0.2, 0.25) is 0 Å². The molecule has 0 N–H and O–H groups in total. The molecule has 0 spiro atoms. The van der Waals surface area contributed by atoms with E-state index in [-0.39, 0.29) is 5.41 Å². The van der Waals surface area contributed by atoms with E-state index < -0.39 is 0 Å². The van der Waals surface area contributed by atoms with Crippen molar-refractivity contribution in [2.24, 2.45) is 0 Å². The van der Waals surface area contributed by atoms with E-state index in [0.29, 0.717) is 0 Å². The maximum Gasteiger partial charge on any atom is 0.144 e. The largest absolute Gasteiger partial charge is 0.495 e. The second kappa shape index (κ2) is 3.09. The Balaban J connectivity index is 3.14. The normalized spacial score (nSPS) is 11.3. The topological polar surface area (TPSA) is 35.0 Å². The third kappa shape index (κ3) is 1.72. The summed E-state index contributed by atoms with van der Waals surface area (Å²) in [4.78, 5) is 0. The van der Waals surface area contributed by atoms with Gasteiger partial charge < -0.3 is 4.74 Å². The highest BCUT2D eigenvalue weighted by molar-refractivity contribution is 5.33. The molecule has 0 radical (unpaired) electrons. The molecule has 12 heavy (non-hydrogen) atoms. The maximum absolute atomic E-state index is 5.17. The van der Waals surface area contributed by atoms with Gasteiger partial charge in [-0.25, -0.2) is 0 Å². The molecule has 1 rings (SSSR count). The summed E-state index contributed by atoms with van der Waals surface area (Å²) in [5.74, 6) is 0.803. The molecule has 3 heteroatoms. The third-order valence-corrected chi connectivity index (χ3v) is 1.72. The van der Waals surface area contributed by atoms with Crippen LogP contribution in [-0.2, 0) is 5.41 Å². The molecule has 1 aromatic heterocycles. The Labute approximate surface area is 72.8 Å². The van der Waals surface area contributed by atoms with Crippen molar-refractivity contribution in [1.29, 1.82) is 0 Å². The summed E-state index contributed by atoms with van der Waals surface area (Å²) in [6, 6.07) is 0. The summed E-state index contributed by atoms with van der Waals surface area (Å²) in [7, 11) is 1.65. The Bertz CT molecular complexity index is 265. The van der Waals surface area contributed by atoms with Gasteiger partial charge in [0, 0.05) is 5.56 Å². The number of ether oxygens (including phenoxy) is 1. The van der Waals surface area contributed by atoms with Crippen LogP contribution in [0.25, 0.3) is 0 Å². The van der Waals surface area contributed by atoms with Gasteiger partial charge in [-0.15, -0.1) is 0 Å². The lowest BCUT2D eigenvalue weighted by Gasteiger charge is -2.20. The Hall–Kier alpha value is -1.12. The smallest absolute Gasteiger partial charge is 0.144 e. The maximum atomic E-state index is 5.17. The van der Waals surface area contributed by atoms with Crippen molar-refractivity contribution in [3.8, 4) is 5.75 Å². The van der Waals surface area contributed by atoms with Crippen LogP contribution in [0.2, 0.25) is 0 Å². The predicted molar refractivity (Wildman–Crippen MR) is 47.3 cm³/mol. The van der Waals surface area contributed by atoms with Crippen LogP contribution in [0, 0.1) is 0 Å². The molecule has 0 fully saturated rings. The van der Waals surface area contributed by atoms with Crippen LogP contribution in [0.15, 0.2) is 12.4 Å². The van der Waals surface area contributed by atoms with Gasteiger partial charge >= 0.3 is 0 Å². The standard InChI is InChI=1S/C9H14N2O/c1-9(2,3)7-5-10-11-6-8(7)12-4/h5-6H,1-4H3. The fourth-order valence-corrected chi connectivity index (χ4v) is 1.04. The number of methoxy groups -OCH3 is 1. The van der Waals surface area contributed by atoms with E-state index in [4.69, 9.17) is 4.74 Å². The Kier molecular flexibility index (Phi) is 2.31. The summed E-state index contributed by atoms with van der Waals surface area (Å²) in [6.45, 7) is 6.35. The Morgan fingerprint density at radius 1 is 1.17 bits per heavy atom. The molecule has 0 aliphatic heterocycles. The zero-order valence-electron chi connectivity index (χ0n) is 7.96. The van der Waals surface area contributed by atoms with Gasteiger partial charge in [-0.05, 0) is 5.41 Å². The minimum Gasteiger partial charge on any atom is -0.495 e. The summed E-state index contributed by atoms with van der Waals surface area (Å²) < 4.78 is 5.17. The lowest BCUT2D eigenvalue weighted by molar-refractivity contribution is 0.393. The molecule has 0 aliphatic carbocycles. The first kappa shape index (κ1) is 8.97. The second-order valence-electron chi connectivity index (χ2n) is 3.72. The molecule has 0 bridgehead atoms. The number of hydrogen-bond acceptors (Lipinski definition) is 3. The molecule has 0 aliphatic rings. The first-order chi connectivity index (χ1) is 5.55. The monoisotopic (exact) mass is 166 g/mol. The molecule has 0 saturated carbocycles. The fourth-order valence-electron chi connectivity index (χ4n) is 1.04. The molecule has 0 unspecified atom stereocenters. The second-order valence-corrected chi connectivity index (χ2v) is 3.72. The van der Waals surface area contributed by atoms with Crippen LogP contribution in [0.1, 0.15) is 26.3 Å². The van der Waals surface area contributed by atoms with Crippen LogP contribution in [0.4, 0.5) is 0 Å². The van der Waals surface area contributed by atoms with Crippen LogP contribution in [0.3, 0.4) is 0 Å². The number of rotatable bonds is 1. The van der Waals surface area contributed by atoms with Gasteiger partial charge in [0.15, 0.2) is 0 Å². The highest BCUT2D eigenvalue weighted by atomic mass is 16.5. The minimum atomic E-state index is 0.0568. The van der Waals surface area contributed by atoms with Crippen molar-refractivity contribution in [3.63, 3.8) is 0 Å². The summed E-state index contributed by atoms with van der Waals surface area (Å²) >= 11 is 0. The first-order valence-electron chi connectivity index (χ1n) is 3.91. The molecule has 66 valence electrons. The van der Waals surface area contributed by atoms with Crippen LogP contribution >= 0.6 is 0 Å². The molecule has 0 atom stereocenters. The van der Waals surface area contributed by atoms with E-state index >= 15 is 0 Å². The Morgan fingerprint density at radius 2 is 1.75 bits per heavy atom. The minimum absolute atomic E-state index is 0.0568. The van der Waals surface area contributed by atoms with Gasteiger partial charge in [-0.1, -0.05) is 20.8 Å². The van der Waals surface area contributed by atoms with Gasteiger partial charge in [0.05, 0.1) is 19.5 Å². The Morgan fingerprint density at radius 3 is 2.17 bits per heavy atom. The van der Waals surface area contributed by atoms with Crippen LogP contribution in [0.5, 0.6) is 5.75 Å². The molecule has 0 aromatic carbocycles. The van der Waals surface area contributed by atoms with Crippen molar-refractivity contribution < 1.29 is 4.74 Å².